The summed E-state index contributed by atoms with van der Waals surface area (Å²) in [6, 6.07) is 14.9. The molecule has 0 bridgehead atoms. The number of piperidine rings is 1. The summed E-state index contributed by atoms with van der Waals surface area (Å²) in [5.74, 6) is -2.03. The Bertz CT molecular complexity index is 1510. The van der Waals surface area contributed by atoms with Crippen LogP contribution in [0.25, 0.3) is 17.5 Å². The lowest BCUT2D eigenvalue weighted by Gasteiger charge is -2.28. The van der Waals surface area contributed by atoms with Crippen LogP contribution in [0, 0.1) is 6.57 Å². The summed E-state index contributed by atoms with van der Waals surface area (Å²) in [4.78, 5) is 29.5. The molecule has 2 N–H and O–H groups in total. The molecule has 0 spiro atoms. The number of nitrogens with zero attached hydrogens (tertiary/aromatic N) is 5. The molecule has 9 heteroatoms. The number of aliphatic carboxylic acids is 1. The molecule has 0 aliphatic carbocycles. The number of pyridine rings is 1. The maximum atomic E-state index is 12.8. The summed E-state index contributed by atoms with van der Waals surface area (Å²) in [5.41, 5.74) is 2.14. The van der Waals surface area contributed by atoms with Crippen LogP contribution < -0.4 is 20.9 Å². The van der Waals surface area contributed by atoms with Gasteiger partial charge in [-0.1, -0.05) is 12.1 Å². The van der Waals surface area contributed by atoms with Crippen molar-refractivity contribution in [3.05, 3.63) is 86.3 Å². The van der Waals surface area contributed by atoms with Gasteiger partial charge in [-0.15, -0.1) is 6.58 Å². The molecule has 1 fully saturated rings. The molecule has 0 atom stereocenters. The third-order valence-corrected chi connectivity index (χ3v) is 6.02. The van der Waals surface area contributed by atoms with E-state index in [0.717, 1.165) is 18.8 Å². The van der Waals surface area contributed by atoms with Crippen molar-refractivity contribution >= 4 is 41.4 Å². The predicted molar refractivity (Wildman–Crippen MR) is 138 cm³/mol. The molecular weight excluding hydrogens is 458 g/mol. The number of hydrogen-bond acceptors (Lipinski definition) is 6. The zero-order valence-electron chi connectivity index (χ0n) is 19.6. The third kappa shape index (κ3) is 5.33. The quantitative estimate of drug-likeness (QED) is 0.409. The zero-order chi connectivity index (χ0) is 25.7. The first-order chi connectivity index (χ1) is 17.4. The summed E-state index contributed by atoms with van der Waals surface area (Å²) in [7, 11) is 0. The van der Waals surface area contributed by atoms with Crippen molar-refractivity contribution < 1.29 is 15.0 Å². The smallest absolute Gasteiger partial charge is 0.323 e. The Hall–Kier alpha value is -4.71. The minimum Gasteiger partial charge on any atom is -0.503 e. The summed E-state index contributed by atoms with van der Waals surface area (Å²) in [6.45, 7) is 12.4. The molecule has 36 heavy (non-hydrogen) atoms. The van der Waals surface area contributed by atoms with Gasteiger partial charge in [0.15, 0.2) is 5.88 Å². The SMILES string of the molecule is [C-]#[N+]c1c(O)n(CC(=O)O)c(=O)c(=Cc2ccc(N=Nc3ccc(N4CCCCC4)cc3)cc2)c1=C. The van der Waals surface area contributed by atoms with Crippen LogP contribution in [0.2, 0.25) is 0 Å². The van der Waals surface area contributed by atoms with Gasteiger partial charge in [-0.05, 0) is 72.5 Å². The van der Waals surface area contributed by atoms with Crippen molar-refractivity contribution in [2.45, 2.75) is 25.8 Å². The molecule has 1 aliphatic rings. The van der Waals surface area contributed by atoms with Crippen molar-refractivity contribution in [3.8, 4) is 5.88 Å². The Morgan fingerprint density at radius 3 is 2.17 bits per heavy atom. The Labute approximate surface area is 207 Å². The summed E-state index contributed by atoms with van der Waals surface area (Å²) < 4.78 is 0.648. The van der Waals surface area contributed by atoms with Gasteiger partial charge >= 0.3 is 5.97 Å². The second-order valence-corrected chi connectivity index (χ2v) is 8.46. The topological polar surface area (TPSA) is 112 Å². The van der Waals surface area contributed by atoms with Gasteiger partial charge in [-0.25, -0.2) is 4.85 Å². The number of aromatic hydroxyl groups is 1. The van der Waals surface area contributed by atoms with E-state index in [2.05, 4.69) is 38.7 Å². The molecular formula is C27H25N5O4. The molecule has 182 valence electrons. The highest BCUT2D eigenvalue weighted by Crippen LogP contribution is 2.25. The fourth-order valence-electron chi connectivity index (χ4n) is 4.11. The lowest BCUT2D eigenvalue weighted by Crippen LogP contribution is -2.45. The fourth-order valence-corrected chi connectivity index (χ4v) is 4.11. The number of carboxylic acid groups (broad SMARTS) is 1. The second-order valence-electron chi connectivity index (χ2n) is 8.46. The highest BCUT2D eigenvalue weighted by molar-refractivity contribution is 5.68. The lowest BCUT2D eigenvalue weighted by molar-refractivity contribution is -0.137. The molecule has 1 aliphatic heterocycles. The van der Waals surface area contributed by atoms with Crippen LogP contribution in [-0.2, 0) is 11.3 Å². The first-order valence-electron chi connectivity index (χ1n) is 11.5. The minimum absolute atomic E-state index is 0.0308. The molecule has 3 aromatic rings. The van der Waals surface area contributed by atoms with E-state index in [9.17, 15) is 14.7 Å². The average Bonchev–Trinajstić information content (AvgIpc) is 2.89. The predicted octanol–water partition coefficient (Wildman–Crippen LogP) is 3.83. The molecule has 2 heterocycles. The first kappa shape index (κ1) is 24.4. The number of aromatic nitrogens is 1. The molecule has 0 saturated carbocycles. The maximum Gasteiger partial charge on any atom is 0.323 e. The van der Waals surface area contributed by atoms with Crippen molar-refractivity contribution in [1.82, 2.24) is 4.57 Å². The van der Waals surface area contributed by atoms with Gasteiger partial charge in [0.1, 0.15) is 6.54 Å². The van der Waals surface area contributed by atoms with Crippen LogP contribution in [0.5, 0.6) is 5.88 Å². The van der Waals surface area contributed by atoms with Crippen LogP contribution in [0.15, 0.2) is 63.6 Å². The molecule has 2 aromatic carbocycles. The standard InChI is InChI=1S/C27H25N5O4/c1-18-23(26(35)32(17-24(33)34)27(36)25(18)28-2)16-19-6-8-20(9-7-19)29-30-21-10-12-22(13-11-21)31-14-4-3-5-15-31/h6-13,16,36H,1,3-5,14-15,17H2,(H,33,34). The largest absolute Gasteiger partial charge is 0.503 e. The summed E-state index contributed by atoms with van der Waals surface area (Å²) >= 11 is 0. The number of rotatable bonds is 6. The fraction of sp³-hybridized carbons (Fsp3) is 0.222. The molecule has 1 aromatic heterocycles. The van der Waals surface area contributed by atoms with Crippen molar-refractivity contribution in [1.29, 1.82) is 0 Å². The number of azo groups is 1. The Balaban J connectivity index is 1.57. The van der Waals surface area contributed by atoms with Gasteiger partial charge in [0.25, 0.3) is 11.2 Å². The molecule has 4 rings (SSSR count). The first-order valence-corrected chi connectivity index (χ1v) is 11.5. The van der Waals surface area contributed by atoms with E-state index in [1.807, 2.05) is 12.1 Å². The van der Waals surface area contributed by atoms with E-state index in [0.29, 0.717) is 15.8 Å². The second kappa shape index (κ2) is 10.7. The van der Waals surface area contributed by atoms with Gasteiger partial charge < -0.3 is 15.1 Å². The van der Waals surface area contributed by atoms with Crippen molar-refractivity contribution in [3.63, 3.8) is 0 Å². The molecule has 1 saturated heterocycles. The van der Waals surface area contributed by atoms with E-state index in [1.165, 1.54) is 31.0 Å². The number of hydrogen-bond donors (Lipinski definition) is 2. The van der Waals surface area contributed by atoms with E-state index < -0.39 is 24.0 Å². The zero-order valence-corrected chi connectivity index (χ0v) is 19.6. The highest BCUT2D eigenvalue weighted by atomic mass is 16.4. The van der Waals surface area contributed by atoms with E-state index in [-0.39, 0.29) is 16.1 Å². The van der Waals surface area contributed by atoms with Crippen molar-refractivity contribution in [2.24, 2.45) is 10.2 Å². The van der Waals surface area contributed by atoms with Crippen LogP contribution in [0.4, 0.5) is 22.7 Å². The third-order valence-electron chi connectivity index (χ3n) is 6.02. The Morgan fingerprint density at radius 2 is 1.61 bits per heavy atom. The van der Waals surface area contributed by atoms with Crippen LogP contribution in [0.3, 0.4) is 0 Å². The van der Waals surface area contributed by atoms with Gasteiger partial charge in [0.05, 0.1) is 17.9 Å². The van der Waals surface area contributed by atoms with Crippen LogP contribution in [0.1, 0.15) is 24.8 Å². The molecule has 0 amide bonds. The number of carbonyl (C=O) groups is 1. The lowest BCUT2D eigenvalue weighted by atomic mass is 10.1. The summed E-state index contributed by atoms with van der Waals surface area (Å²) in [6.07, 6.45) is 5.22. The number of anilines is 1. The summed E-state index contributed by atoms with van der Waals surface area (Å²) in [5, 5.41) is 27.9. The van der Waals surface area contributed by atoms with E-state index in [1.54, 1.807) is 24.3 Å². The van der Waals surface area contributed by atoms with Crippen LogP contribution in [-0.4, -0.2) is 33.8 Å². The number of benzene rings is 2. The highest BCUT2D eigenvalue weighted by Gasteiger charge is 2.15. The molecule has 9 nitrogen and oxygen atoms in total. The maximum absolute atomic E-state index is 12.8. The molecule has 0 radical (unpaired) electrons. The Kier molecular flexibility index (Phi) is 7.25. The Morgan fingerprint density at radius 1 is 1.03 bits per heavy atom. The molecule has 0 unspecified atom stereocenters. The normalized spacial score (nSPS) is 14.2. The van der Waals surface area contributed by atoms with E-state index >= 15 is 0 Å². The average molecular weight is 484 g/mol. The van der Waals surface area contributed by atoms with Gasteiger partial charge in [0.2, 0.25) is 0 Å². The van der Waals surface area contributed by atoms with Gasteiger partial charge in [-0.3, -0.25) is 14.2 Å². The number of carboxylic acids is 1. The monoisotopic (exact) mass is 483 g/mol. The van der Waals surface area contributed by atoms with Crippen LogP contribution >= 0.6 is 0 Å². The minimum atomic E-state index is -1.32. The van der Waals surface area contributed by atoms with E-state index in [4.69, 9.17) is 11.7 Å². The van der Waals surface area contributed by atoms with Gasteiger partial charge in [0, 0.05) is 24.0 Å². The van der Waals surface area contributed by atoms with Gasteiger partial charge in [-0.2, -0.15) is 10.2 Å². The van der Waals surface area contributed by atoms with Crippen molar-refractivity contribution in [2.75, 3.05) is 18.0 Å².